The van der Waals surface area contributed by atoms with Gasteiger partial charge in [-0.05, 0) is 19.8 Å². The molecule has 0 rings (SSSR count). The monoisotopic (exact) mass is 198 g/mol. The van der Waals surface area contributed by atoms with Crippen molar-refractivity contribution >= 4 is 11.6 Å². The van der Waals surface area contributed by atoms with E-state index in [0.717, 1.165) is 19.3 Å². The first-order valence-corrected chi connectivity index (χ1v) is 5.48. The molecule has 0 radical (unpaired) electrons. The summed E-state index contributed by atoms with van der Waals surface area (Å²) >= 11 is 0. The fourth-order valence-electron chi connectivity index (χ4n) is 1.54. The lowest BCUT2D eigenvalue weighted by Crippen LogP contribution is -2.16. The van der Waals surface area contributed by atoms with Gasteiger partial charge in [0, 0.05) is 18.3 Å². The molecule has 0 aliphatic rings. The Hall–Kier alpha value is -0.660. The normalized spacial score (nSPS) is 12.9. The SMILES string of the molecule is CC(=O)CCCCC(C)C(=O)C(C)C. The van der Waals surface area contributed by atoms with E-state index in [0.29, 0.717) is 12.2 Å². The fourth-order valence-corrected chi connectivity index (χ4v) is 1.54. The van der Waals surface area contributed by atoms with Crippen molar-refractivity contribution in [1.82, 2.24) is 0 Å². The van der Waals surface area contributed by atoms with Gasteiger partial charge in [-0.1, -0.05) is 27.2 Å². The van der Waals surface area contributed by atoms with Crippen LogP contribution in [0.4, 0.5) is 0 Å². The van der Waals surface area contributed by atoms with Crippen LogP contribution in [0.5, 0.6) is 0 Å². The lowest BCUT2D eigenvalue weighted by Gasteiger charge is -2.12. The molecule has 82 valence electrons. The minimum Gasteiger partial charge on any atom is -0.300 e. The Balaban J connectivity index is 3.59. The quantitative estimate of drug-likeness (QED) is 0.589. The molecule has 14 heavy (non-hydrogen) atoms. The second kappa shape index (κ2) is 6.74. The molecule has 0 aliphatic carbocycles. The molecule has 0 saturated heterocycles. The van der Waals surface area contributed by atoms with Gasteiger partial charge in [0.2, 0.25) is 0 Å². The molecule has 0 aromatic rings. The van der Waals surface area contributed by atoms with E-state index < -0.39 is 0 Å². The van der Waals surface area contributed by atoms with Gasteiger partial charge in [-0.25, -0.2) is 0 Å². The molecule has 0 fully saturated rings. The molecule has 0 N–H and O–H groups in total. The Morgan fingerprint density at radius 1 is 1.07 bits per heavy atom. The maximum absolute atomic E-state index is 11.5. The van der Waals surface area contributed by atoms with E-state index in [2.05, 4.69) is 0 Å². The number of carbonyl (C=O) groups excluding carboxylic acids is 2. The van der Waals surface area contributed by atoms with Crippen molar-refractivity contribution < 1.29 is 9.59 Å². The van der Waals surface area contributed by atoms with Crippen molar-refractivity contribution in [2.24, 2.45) is 11.8 Å². The van der Waals surface area contributed by atoms with E-state index in [1.807, 2.05) is 20.8 Å². The minimum absolute atomic E-state index is 0.137. The van der Waals surface area contributed by atoms with Crippen LogP contribution in [0.25, 0.3) is 0 Å². The first kappa shape index (κ1) is 13.3. The third-order valence-electron chi connectivity index (χ3n) is 2.47. The summed E-state index contributed by atoms with van der Waals surface area (Å²) in [5.74, 6) is 0.875. The predicted molar refractivity (Wildman–Crippen MR) is 58.2 cm³/mol. The molecule has 0 aromatic carbocycles. The van der Waals surface area contributed by atoms with Crippen LogP contribution in [0.3, 0.4) is 0 Å². The summed E-state index contributed by atoms with van der Waals surface area (Å²) in [4.78, 5) is 22.2. The Morgan fingerprint density at radius 3 is 2.07 bits per heavy atom. The van der Waals surface area contributed by atoms with Gasteiger partial charge in [0.05, 0.1) is 0 Å². The van der Waals surface area contributed by atoms with Crippen molar-refractivity contribution in [1.29, 1.82) is 0 Å². The number of rotatable bonds is 7. The number of unbranched alkanes of at least 4 members (excludes halogenated alkanes) is 1. The van der Waals surface area contributed by atoms with E-state index in [-0.39, 0.29) is 17.6 Å². The van der Waals surface area contributed by atoms with Crippen molar-refractivity contribution in [3.8, 4) is 0 Å². The van der Waals surface area contributed by atoms with Crippen LogP contribution in [0.15, 0.2) is 0 Å². The van der Waals surface area contributed by atoms with Gasteiger partial charge in [-0.2, -0.15) is 0 Å². The summed E-state index contributed by atoms with van der Waals surface area (Å²) in [5.41, 5.74) is 0. The van der Waals surface area contributed by atoms with E-state index in [9.17, 15) is 9.59 Å². The molecule has 0 spiro atoms. The van der Waals surface area contributed by atoms with E-state index >= 15 is 0 Å². The Kier molecular flexibility index (Phi) is 6.43. The zero-order valence-electron chi connectivity index (χ0n) is 9.80. The average molecular weight is 198 g/mol. The van der Waals surface area contributed by atoms with Gasteiger partial charge in [0.1, 0.15) is 11.6 Å². The van der Waals surface area contributed by atoms with Crippen LogP contribution in [0.2, 0.25) is 0 Å². The number of ketones is 2. The zero-order chi connectivity index (χ0) is 11.1. The van der Waals surface area contributed by atoms with Crippen LogP contribution in [0, 0.1) is 11.8 Å². The first-order valence-electron chi connectivity index (χ1n) is 5.48. The number of Topliss-reactive ketones (excluding diaryl/α,β-unsaturated/α-hetero) is 2. The van der Waals surface area contributed by atoms with Crippen LogP contribution in [-0.4, -0.2) is 11.6 Å². The zero-order valence-corrected chi connectivity index (χ0v) is 9.80. The predicted octanol–water partition coefficient (Wildman–Crippen LogP) is 3.00. The van der Waals surface area contributed by atoms with E-state index in [4.69, 9.17) is 0 Å². The Labute approximate surface area is 87.1 Å². The molecule has 2 nitrogen and oxygen atoms in total. The van der Waals surface area contributed by atoms with Gasteiger partial charge in [-0.3, -0.25) is 4.79 Å². The standard InChI is InChI=1S/C12H22O2/c1-9(2)12(14)10(3)7-5-6-8-11(4)13/h9-10H,5-8H2,1-4H3. The Morgan fingerprint density at radius 2 is 1.64 bits per heavy atom. The third-order valence-corrected chi connectivity index (χ3v) is 2.47. The number of hydrogen-bond acceptors (Lipinski definition) is 2. The molecule has 0 bridgehead atoms. The van der Waals surface area contributed by atoms with E-state index in [1.54, 1.807) is 6.92 Å². The second-order valence-electron chi connectivity index (χ2n) is 4.41. The molecular weight excluding hydrogens is 176 g/mol. The second-order valence-corrected chi connectivity index (χ2v) is 4.41. The van der Waals surface area contributed by atoms with Crippen LogP contribution >= 0.6 is 0 Å². The fraction of sp³-hybridized carbons (Fsp3) is 0.833. The number of hydrogen-bond donors (Lipinski definition) is 0. The first-order chi connectivity index (χ1) is 6.45. The molecule has 0 aliphatic heterocycles. The molecule has 2 heteroatoms. The van der Waals surface area contributed by atoms with Gasteiger partial charge in [0.25, 0.3) is 0 Å². The highest BCUT2D eigenvalue weighted by molar-refractivity contribution is 5.82. The maximum atomic E-state index is 11.5. The summed E-state index contributed by atoms with van der Waals surface area (Å²) in [7, 11) is 0. The van der Waals surface area contributed by atoms with Crippen LogP contribution in [0.1, 0.15) is 53.4 Å². The Bertz CT molecular complexity index is 194. The smallest absolute Gasteiger partial charge is 0.138 e. The van der Waals surface area contributed by atoms with Gasteiger partial charge in [-0.15, -0.1) is 0 Å². The van der Waals surface area contributed by atoms with Crippen molar-refractivity contribution in [2.45, 2.75) is 53.4 Å². The van der Waals surface area contributed by atoms with Crippen molar-refractivity contribution in [2.75, 3.05) is 0 Å². The van der Waals surface area contributed by atoms with Gasteiger partial charge in [0.15, 0.2) is 0 Å². The molecule has 0 amide bonds. The lowest BCUT2D eigenvalue weighted by atomic mass is 9.92. The molecule has 0 saturated carbocycles. The highest BCUT2D eigenvalue weighted by Gasteiger charge is 2.15. The molecule has 0 aromatic heterocycles. The lowest BCUT2D eigenvalue weighted by molar-refractivity contribution is -0.125. The van der Waals surface area contributed by atoms with Crippen molar-refractivity contribution in [3.05, 3.63) is 0 Å². The summed E-state index contributed by atoms with van der Waals surface area (Å²) in [6, 6.07) is 0. The highest BCUT2D eigenvalue weighted by Crippen LogP contribution is 2.14. The maximum Gasteiger partial charge on any atom is 0.138 e. The molecule has 1 unspecified atom stereocenters. The van der Waals surface area contributed by atoms with Gasteiger partial charge < -0.3 is 4.79 Å². The summed E-state index contributed by atoms with van der Waals surface area (Å²) in [6.07, 6.45) is 3.48. The molecular formula is C12H22O2. The average Bonchev–Trinajstić information content (AvgIpc) is 2.10. The topological polar surface area (TPSA) is 34.1 Å². The van der Waals surface area contributed by atoms with Crippen LogP contribution < -0.4 is 0 Å². The van der Waals surface area contributed by atoms with Crippen molar-refractivity contribution in [3.63, 3.8) is 0 Å². The molecule has 0 heterocycles. The van der Waals surface area contributed by atoms with Crippen LogP contribution in [-0.2, 0) is 9.59 Å². The minimum atomic E-state index is 0.137. The largest absolute Gasteiger partial charge is 0.300 e. The number of carbonyl (C=O) groups is 2. The summed E-state index contributed by atoms with van der Waals surface area (Å²) < 4.78 is 0. The summed E-state index contributed by atoms with van der Waals surface area (Å²) in [5, 5.41) is 0. The summed E-state index contributed by atoms with van der Waals surface area (Å²) in [6.45, 7) is 7.47. The van der Waals surface area contributed by atoms with E-state index in [1.165, 1.54) is 0 Å². The third kappa shape index (κ3) is 5.90. The molecule has 1 atom stereocenters. The van der Waals surface area contributed by atoms with Gasteiger partial charge >= 0.3 is 0 Å². The highest BCUT2D eigenvalue weighted by atomic mass is 16.1.